The molecule has 66 heavy (non-hydrogen) atoms. The fourth-order valence-electron chi connectivity index (χ4n) is 14.1. The second-order valence-electron chi connectivity index (χ2n) is 22.2. The number of fused-ring (bicyclic) bond motifs is 7. The number of nitrogens with zero attached hydrogens (tertiary/aromatic N) is 8. The van der Waals surface area contributed by atoms with Crippen molar-refractivity contribution in [3.8, 4) is 0 Å². The lowest BCUT2D eigenvalue weighted by molar-refractivity contribution is -0.385. The Morgan fingerprint density at radius 1 is 0.788 bits per heavy atom. The average molecular weight is 905 g/mol. The number of carbonyl (C=O) groups excluding carboxylic acids is 1. The van der Waals surface area contributed by atoms with Crippen molar-refractivity contribution in [2.75, 3.05) is 6.61 Å². The summed E-state index contributed by atoms with van der Waals surface area (Å²) in [5, 5.41) is 51.5. The molecule has 1 N–H and O–H groups in total. The standard InChI is InChI=1S/C50H64N8O8/c1-45(2)19-21-50(44(60)66-31-36-29-56(54-52-36)27-34-10-8-12-38(24-34)58(63)64)22-20-48(5)39(40(50)25-45)13-14-42-46(3)17-16-43(59)47(4,41(46)15-18-49(42,48)6)32-65-30-35-28-55(53-51-35)26-33-9-7-11-37(23-33)57(61)62/h7-13,23-24,28-29,40-43,59H,14-22,25-27,30-32H2,1-6H3/t40-,41+,42+,43-,46-,47-,48+,49+,50-/m0/s1. The lowest BCUT2D eigenvalue weighted by atomic mass is 9.33. The molecule has 9 rings (SSSR count). The van der Waals surface area contributed by atoms with Crippen molar-refractivity contribution in [1.82, 2.24) is 30.0 Å². The van der Waals surface area contributed by atoms with E-state index in [9.17, 15) is 30.1 Å². The van der Waals surface area contributed by atoms with Gasteiger partial charge in [-0.15, -0.1) is 10.2 Å². The van der Waals surface area contributed by atoms with Crippen LogP contribution in [0.4, 0.5) is 11.4 Å². The number of aromatic nitrogens is 6. The number of hydrogen-bond donors (Lipinski definition) is 1. The molecule has 5 aliphatic carbocycles. The summed E-state index contributed by atoms with van der Waals surface area (Å²) >= 11 is 0. The number of nitro benzene ring substituents is 2. The van der Waals surface area contributed by atoms with Crippen LogP contribution in [-0.2, 0) is 40.6 Å². The fraction of sp³-hybridized carbons (Fsp3) is 0.620. The summed E-state index contributed by atoms with van der Waals surface area (Å²) in [5.74, 6) is 0.546. The molecule has 0 saturated heterocycles. The Hall–Kier alpha value is -5.35. The minimum atomic E-state index is -0.622. The maximum Gasteiger partial charge on any atom is 0.313 e. The van der Waals surface area contributed by atoms with Crippen LogP contribution in [0, 0.1) is 70.5 Å². The third kappa shape index (κ3) is 7.84. The number of carbonyl (C=O) groups is 1. The van der Waals surface area contributed by atoms with Crippen LogP contribution >= 0.6 is 0 Å². The maximum absolute atomic E-state index is 14.7. The van der Waals surface area contributed by atoms with Gasteiger partial charge in [-0.2, -0.15) is 0 Å². The van der Waals surface area contributed by atoms with E-state index < -0.39 is 26.8 Å². The van der Waals surface area contributed by atoms with Gasteiger partial charge in [-0.3, -0.25) is 25.0 Å². The number of non-ortho nitro benzene ring substituents is 2. The number of nitro groups is 2. The molecule has 16 nitrogen and oxygen atoms in total. The Morgan fingerprint density at radius 3 is 2.02 bits per heavy atom. The molecule has 4 fully saturated rings. The predicted octanol–water partition coefficient (Wildman–Crippen LogP) is 9.19. The zero-order chi connectivity index (χ0) is 46.9. The van der Waals surface area contributed by atoms with Gasteiger partial charge in [-0.25, -0.2) is 9.36 Å². The first-order chi connectivity index (χ1) is 31.3. The summed E-state index contributed by atoms with van der Waals surface area (Å²) in [5.41, 5.74) is 3.01. The lowest BCUT2D eigenvalue weighted by Crippen LogP contribution is -2.66. The van der Waals surface area contributed by atoms with E-state index in [2.05, 4.69) is 68.2 Å². The van der Waals surface area contributed by atoms with Crippen LogP contribution in [-0.4, -0.2) is 63.6 Å². The summed E-state index contributed by atoms with van der Waals surface area (Å²) in [6.07, 6.45) is 14.5. The van der Waals surface area contributed by atoms with E-state index in [1.54, 1.807) is 33.8 Å². The Labute approximate surface area is 385 Å². The average Bonchev–Trinajstić information content (AvgIpc) is 3.93. The Balaban J connectivity index is 0.898. The van der Waals surface area contributed by atoms with E-state index in [4.69, 9.17) is 9.47 Å². The number of aliphatic hydroxyl groups is 1. The first-order valence-corrected chi connectivity index (χ1v) is 23.7. The summed E-state index contributed by atoms with van der Waals surface area (Å²) in [6.45, 7) is 15.7. The van der Waals surface area contributed by atoms with E-state index in [0.717, 1.165) is 68.9 Å². The molecule has 4 aromatic rings. The minimum absolute atomic E-state index is 0.0126. The molecule has 2 aromatic carbocycles. The molecule has 4 saturated carbocycles. The highest BCUT2D eigenvalue weighted by molar-refractivity contribution is 5.79. The fourth-order valence-corrected chi connectivity index (χ4v) is 14.1. The molecule has 0 bridgehead atoms. The zero-order valence-corrected chi connectivity index (χ0v) is 39.1. The Morgan fingerprint density at radius 2 is 1.39 bits per heavy atom. The molecule has 2 heterocycles. The van der Waals surface area contributed by atoms with Crippen LogP contribution in [0.15, 0.2) is 72.6 Å². The summed E-state index contributed by atoms with van der Waals surface area (Å²) in [6, 6.07) is 13.0. The summed E-state index contributed by atoms with van der Waals surface area (Å²) in [4.78, 5) is 36.4. The van der Waals surface area contributed by atoms with E-state index in [1.165, 1.54) is 23.8 Å². The highest BCUT2D eigenvalue weighted by atomic mass is 16.6. The number of benzene rings is 2. The van der Waals surface area contributed by atoms with E-state index in [-0.39, 0.29) is 64.1 Å². The Bertz CT molecular complexity index is 2550. The predicted molar refractivity (Wildman–Crippen MR) is 243 cm³/mol. The van der Waals surface area contributed by atoms with Crippen LogP contribution in [0.1, 0.15) is 128 Å². The largest absolute Gasteiger partial charge is 0.459 e. The monoisotopic (exact) mass is 904 g/mol. The van der Waals surface area contributed by atoms with Crippen LogP contribution in [0.5, 0.6) is 0 Å². The van der Waals surface area contributed by atoms with Gasteiger partial charge in [0.2, 0.25) is 0 Å². The molecule has 5 aliphatic rings. The maximum atomic E-state index is 14.7. The van der Waals surface area contributed by atoms with Crippen molar-refractivity contribution in [3.63, 3.8) is 0 Å². The number of ether oxygens (including phenoxy) is 2. The van der Waals surface area contributed by atoms with Gasteiger partial charge in [0.05, 0.1) is 60.1 Å². The smallest absolute Gasteiger partial charge is 0.313 e. The number of rotatable bonds is 13. The van der Waals surface area contributed by atoms with Gasteiger partial charge in [0.25, 0.3) is 11.4 Å². The van der Waals surface area contributed by atoms with E-state index in [1.807, 2.05) is 18.3 Å². The first-order valence-electron chi connectivity index (χ1n) is 23.7. The SMILES string of the molecule is CC1(C)CC[C@]2(C(=O)OCc3cn(Cc4cccc([N+](=O)[O-])c4)nn3)CC[C@]3(C)C(=CC[C@@H]4[C@@]5(C)CC[C@H](O)[C@@](C)(COCc6cn(Cc7cccc([N+](=O)[O-])c7)nn6)[C@@H]5CC[C@]43C)[C@@H]2C1. The summed E-state index contributed by atoms with van der Waals surface area (Å²) in [7, 11) is 0. The molecule has 352 valence electrons. The highest BCUT2D eigenvalue weighted by Gasteiger charge is 2.70. The summed E-state index contributed by atoms with van der Waals surface area (Å²) < 4.78 is 16.0. The highest BCUT2D eigenvalue weighted by Crippen LogP contribution is 2.76. The van der Waals surface area contributed by atoms with Crippen molar-refractivity contribution in [2.24, 2.45) is 50.2 Å². The molecule has 2 aromatic heterocycles. The third-order valence-electron chi connectivity index (χ3n) is 17.9. The van der Waals surface area contributed by atoms with Gasteiger partial charge in [-0.05, 0) is 115 Å². The van der Waals surface area contributed by atoms with Crippen molar-refractivity contribution in [2.45, 2.75) is 138 Å². The quantitative estimate of drug-likeness (QED) is 0.0577. The number of allylic oxidation sites excluding steroid dienone is 2. The molecular formula is C50H64N8O8. The number of esters is 1. The lowest BCUT2D eigenvalue weighted by Gasteiger charge is -2.71. The van der Waals surface area contributed by atoms with Crippen LogP contribution in [0.25, 0.3) is 0 Å². The molecule has 16 heteroatoms. The third-order valence-corrected chi connectivity index (χ3v) is 17.9. The minimum Gasteiger partial charge on any atom is -0.459 e. The first kappa shape index (κ1) is 45.8. The Kier molecular flexibility index (Phi) is 11.6. The van der Waals surface area contributed by atoms with Crippen molar-refractivity contribution >= 4 is 17.3 Å². The van der Waals surface area contributed by atoms with E-state index in [0.29, 0.717) is 43.4 Å². The van der Waals surface area contributed by atoms with Gasteiger partial charge in [0.1, 0.15) is 18.0 Å². The second kappa shape index (κ2) is 16.8. The van der Waals surface area contributed by atoms with Gasteiger partial charge in [0, 0.05) is 29.7 Å². The number of aliphatic hydroxyl groups excluding tert-OH is 1. The van der Waals surface area contributed by atoms with Crippen LogP contribution < -0.4 is 0 Å². The van der Waals surface area contributed by atoms with Gasteiger partial charge in [-0.1, -0.05) is 87.9 Å². The second-order valence-corrected chi connectivity index (χ2v) is 22.2. The van der Waals surface area contributed by atoms with Crippen molar-refractivity contribution in [1.29, 1.82) is 0 Å². The van der Waals surface area contributed by atoms with Crippen LogP contribution in [0.2, 0.25) is 0 Å². The zero-order valence-electron chi connectivity index (χ0n) is 39.1. The molecular weight excluding hydrogens is 841 g/mol. The molecule has 0 radical (unpaired) electrons. The molecule has 0 unspecified atom stereocenters. The molecule has 9 atom stereocenters. The number of hydrogen-bond acceptors (Lipinski definition) is 12. The normalized spacial score (nSPS) is 33.3. The van der Waals surface area contributed by atoms with E-state index >= 15 is 0 Å². The molecule has 0 aliphatic heterocycles. The van der Waals surface area contributed by atoms with Crippen molar-refractivity contribution < 1.29 is 29.2 Å². The van der Waals surface area contributed by atoms with Gasteiger partial charge in [0.15, 0.2) is 0 Å². The topological polar surface area (TPSA) is 203 Å². The van der Waals surface area contributed by atoms with Gasteiger partial charge < -0.3 is 14.6 Å². The van der Waals surface area contributed by atoms with Gasteiger partial charge >= 0.3 is 5.97 Å². The van der Waals surface area contributed by atoms with Crippen LogP contribution in [0.3, 0.4) is 0 Å². The molecule has 0 spiro atoms. The molecule has 0 amide bonds. The van der Waals surface area contributed by atoms with Crippen molar-refractivity contribution in [3.05, 3.63) is 115 Å².